The molecule has 0 amide bonds. The van der Waals surface area contributed by atoms with Gasteiger partial charge in [0.1, 0.15) is 0 Å². The lowest BCUT2D eigenvalue weighted by Gasteiger charge is -2.11. The molecule has 1 unspecified atom stereocenters. The second-order valence-electron chi connectivity index (χ2n) is 5.06. The molecule has 2 heterocycles. The van der Waals surface area contributed by atoms with Gasteiger partial charge in [-0.2, -0.15) is 0 Å². The average Bonchev–Trinajstić information content (AvgIpc) is 2.99. The Kier molecular flexibility index (Phi) is 3.45. The fraction of sp³-hybridized carbons (Fsp3) is 0.235. The minimum atomic E-state index is 0.0269. The summed E-state index contributed by atoms with van der Waals surface area (Å²) in [5, 5.41) is 3.22. The molecule has 3 rings (SSSR count). The molecule has 2 aromatic heterocycles. The van der Waals surface area contributed by atoms with E-state index in [1.807, 2.05) is 19.1 Å². The average molecular weight is 283 g/mol. The van der Waals surface area contributed by atoms with Crippen LogP contribution in [0.25, 0.3) is 10.9 Å². The highest BCUT2D eigenvalue weighted by atomic mass is 32.1. The number of H-pyrrole nitrogens is 1. The molecule has 3 aromatic rings. The molecule has 0 radical (unpaired) electrons. The Balaban J connectivity index is 2.10. The maximum absolute atomic E-state index is 11.8. The number of pyridine rings is 1. The first-order valence-electron chi connectivity index (χ1n) is 6.88. The Bertz CT molecular complexity index is 786. The number of fused-ring (bicyclic) bond motifs is 1. The predicted molar refractivity (Wildman–Crippen MR) is 85.8 cm³/mol. The van der Waals surface area contributed by atoms with Crippen LogP contribution in [0.5, 0.6) is 0 Å². The summed E-state index contributed by atoms with van der Waals surface area (Å²) in [5.74, 6) is 0.386. The summed E-state index contributed by atoms with van der Waals surface area (Å²) in [7, 11) is 0. The SMILES string of the molecule is CCc1cc2cc(C(C)c3cccs3)ccc2[nH]c1=O. The van der Waals surface area contributed by atoms with E-state index in [1.54, 1.807) is 11.3 Å². The zero-order chi connectivity index (χ0) is 14.1. The fourth-order valence-electron chi connectivity index (χ4n) is 2.50. The molecule has 0 saturated heterocycles. The van der Waals surface area contributed by atoms with Crippen LogP contribution in [0.1, 0.15) is 35.8 Å². The van der Waals surface area contributed by atoms with Gasteiger partial charge in [-0.3, -0.25) is 4.79 Å². The number of aromatic nitrogens is 1. The van der Waals surface area contributed by atoms with Crippen molar-refractivity contribution >= 4 is 22.2 Å². The summed E-state index contributed by atoms with van der Waals surface area (Å²) >= 11 is 1.78. The second-order valence-corrected chi connectivity index (χ2v) is 6.04. The van der Waals surface area contributed by atoms with Gasteiger partial charge in [-0.15, -0.1) is 11.3 Å². The molecular formula is C17H17NOS. The zero-order valence-corrected chi connectivity index (χ0v) is 12.5. The third kappa shape index (κ3) is 2.29. The Morgan fingerprint density at radius 2 is 2.10 bits per heavy atom. The lowest BCUT2D eigenvalue weighted by atomic mass is 9.97. The molecular weight excluding hydrogens is 266 g/mol. The number of thiophene rings is 1. The van der Waals surface area contributed by atoms with Crippen molar-refractivity contribution < 1.29 is 0 Å². The number of aromatic amines is 1. The van der Waals surface area contributed by atoms with Crippen LogP contribution >= 0.6 is 11.3 Å². The Labute approximate surface area is 122 Å². The topological polar surface area (TPSA) is 32.9 Å². The molecule has 1 aromatic carbocycles. The first kappa shape index (κ1) is 13.1. The lowest BCUT2D eigenvalue weighted by molar-refractivity contribution is 0.949. The second kappa shape index (κ2) is 5.25. The van der Waals surface area contributed by atoms with Crippen LogP contribution in [0.15, 0.2) is 46.6 Å². The van der Waals surface area contributed by atoms with Crippen molar-refractivity contribution in [2.75, 3.05) is 0 Å². The standard InChI is InChI=1S/C17H17NOS/c1-3-12-9-14-10-13(6-7-15(14)18-17(12)19)11(2)16-5-4-8-20-16/h4-11H,3H2,1-2H3,(H,18,19). The summed E-state index contributed by atoms with van der Waals surface area (Å²) in [6.45, 7) is 4.23. The van der Waals surface area contributed by atoms with E-state index in [2.05, 4.69) is 41.6 Å². The Morgan fingerprint density at radius 1 is 1.25 bits per heavy atom. The zero-order valence-electron chi connectivity index (χ0n) is 11.6. The van der Waals surface area contributed by atoms with E-state index in [0.29, 0.717) is 5.92 Å². The summed E-state index contributed by atoms with van der Waals surface area (Å²) < 4.78 is 0. The minimum absolute atomic E-state index is 0.0269. The van der Waals surface area contributed by atoms with Crippen molar-refractivity contribution in [1.82, 2.24) is 4.98 Å². The Hall–Kier alpha value is -1.87. The minimum Gasteiger partial charge on any atom is -0.322 e. The van der Waals surface area contributed by atoms with Gasteiger partial charge in [0.2, 0.25) is 0 Å². The van der Waals surface area contributed by atoms with Gasteiger partial charge in [0.05, 0.1) is 0 Å². The molecule has 0 aliphatic heterocycles. The van der Waals surface area contributed by atoms with Gasteiger partial charge < -0.3 is 4.98 Å². The number of rotatable bonds is 3. The van der Waals surface area contributed by atoms with Crippen molar-refractivity contribution in [2.45, 2.75) is 26.2 Å². The molecule has 0 spiro atoms. The third-order valence-electron chi connectivity index (χ3n) is 3.80. The molecule has 20 heavy (non-hydrogen) atoms. The molecule has 0 bridgehead atoms. The highest BCUT2D eigenvalue weighted by molar-refractivity contribution is 7.10. The van der Waals surface area contributed by atoms with Crippen LogP contribution in [0.3, 0.4) is 0 Å². The summed E-state index contributed by atoms with van der Waals surface area (Å²) in [6.07, 6.45) is 0.760. The van der Waals surface area contributed by atoms with Gasteiger partial charge in [-0.1, -0.05) is 26.0 Å². The van der Waals surface area contributed by atoms with Gasteiger partial charge in [0, 0.05) is 21.9 Å². The predicted octanol–water partition coefficient (Wildman–Crippen LogP) is 4.30. The van der Waals surface area contributed by atoms with Gasteiger partial charge in [0.25, 0.3) is 5.56 Å². The number of aryl methyl sites for hydroxylation is 1. The molecule has 0 fully saturated rings. The normalized spacial score (nSPS) is 12.7. The summed E-state index contributed by atoms with van der Waals surface area (Å²) in [4.78, 5) is 16.1. The highest BCUT2D eigenvalue weighted by Gasteiger charge is 2.10. The van der Waals surface area contributed by atoms with E-state index < -0.39 is 0 Å². The highest BCUT2D eigenvalue weighted by Crippen LogP contribution is 2.29. The van der Waals surface area contributed by atoms with Crippen LogP contribution in [0.2, 0.25) is 0 Å². The summed E-state index contributed by atoms with van der Waals surface area (Å²) in [6, 6.07) is 12.6. The molecule has 0 saturated carbocycles. The maximum Gasteiger partial charge on any atom is 0.251 e. The van der Waals surface area contributed by atoms with Crippen LogP contribution in [0.4, 0.5) is 0 Å². The van der Waals surface area contributed by atoms with Crippen molar-refractivity contribution in [3.8, 4) is 0 Å². The number of benzene rings is 1. The monoisotopic (exact) mass is 283 g/mol. The number of hydrogen-bond acceptors (Lipinski definition) is 2. The number of nitrogens with one attached hydrogen (secondary N) is 1. The molecule has 1 N–H and O–H groups in total. The molecule has 2 nitrogen and oxygen atoms in total. The van der Waals surface area contributed by atoms with Crippen LogP contribution in [0, 0.1) is 0 Å². The molecule has 102 valence electrons. The molecule has 3 heteroatoms. The fourth-order valence-corrected chi connectivity index (χ4v) is 3.32. The van der Waals surface area contributed by atoms with Crippen molar-refractivity contribution in [1.29, 1.82) is 0 Å². The van der Waals surface area contributed by atoms with E-state index >= 15 is 0 Å². The van der Waals surface area contributed by atoms with E-state index in [9.17, 15) is 4.79 Å². The van der Waals surface area contributed by atoms with E-state index in [-0.39, 0.29) is 5.56 Å². The van der Waals surface area contributed by atoms with Crippen molar-refractivity contribution in [2.24, 2.45) is 0 Å². The maximum atomic E-state index is 11.8. The molecule has 1 atom stereocenters. The van der Waals surface area contributed by atoms with Crippen LogP contribution in [-0.2, 0) is 6.42 Å². The van der Waals surface area contributed by atoms with Gasteiger partial charge >= 0.3 is 0 Å². The first-order valence-corrected chi connectivity index (χ1v) is 7.76. The first-order chi connectivity index (χ1) is 9.69. The van der Waals surface area contributed by atoms with Gasteiger partial charge in [-0.05, 0) is 47.0 Å². The van der Waals surface area contributed by atoms with Crippen LogP contribution in [-0.4, -0.2) is 4.98 Å². The third-order valence-corrected chi connectivity index (χ3v) is 4.85. The van der Waals surface area contributed by atoms with E-state index in [0.717, 1.165) is 22.9 Å². The van der Waals surface area contributed by atoms with E-state index in [1.165, 1.54) is 10.4 Å². The summed E-state index contributed by atoms with van der Waals surface area (Å²) in [5.41, 5.74) is 3.07. The van der Waals surface area contributed by atoms with Gasteiger partial charge in [0.15, 0.2) is 0 Å². The van der Waals surface area contributed by atoms with Crippen molar-refractivity contribution in [3.05, 3.63) is 68.1 Å². The lowest BCUT2D eigenvalue weighted by Crippen LogP contribution is -2.11. The van der Waals surface area contributed by atoms with E-state index in [4.69, 9.17) is 0 Å². The number of hydrogen-bond donors (Lipinski definition) is 1. The smallest absolute Gasteiger partial charge is 0.251 e. The largest absolute Gasteiger partial charge is 0.322 e. The van der Waals surface area contributed by atoms with Crippen molar-refractivity contribution in [3.63, 3.8) is 0 Å². The van der Waals surface area contributed by atoms with Gasteiger partial charge in [-0.25, -0.2) is 0 Å². The Morgan fingerprint density at radius 3 is 2.80 bits per heavy atom. The quantitative estimate of drug-likeness (QED) is 0.763. The van der Waals surface area contributed by atoms with Crippen LogP contribution < -0.4 is 5.56 Å². The molecule has 0 aliphatic carbocycles. The molecule has 0 aliphatic rings.